The number of nitrogens with zero attached hydrogens (tertiary/aromatic N) is 1. The van der Waals surface area contributed by atoms with Gasteiger partial charge in [-0.25, -0.2) is 4.39 Å². The summed E-state index contributed by atoms with van der Waals surface area (Å²) in [5, 5.41) is 3.38. The van der Waals surface area contributed by atoms with Gasteiger partial charge in [0.25, 0.3) is 0 Å². The van der Waals surface area contributed by atoms with Crippen LogP contribution in [0.5, 0.6) is 5.75 Å². The van der Waals surface area contributed by atoms with E-state index in [0.29, 0.717) is 5.92 Å². The summed E-state index contributed by atoms with van der Waals surface area (Å²) in [4.78, 5) is 2.42. The summed E-state index contributed by atoms with van der Waals surface area (Å²) in [6, 6.07) is 5.21. The van der Waals surface area contributed by atoms with Gasteiger partial charge in [0.15, 0.2) is 0 Å². The van der Waals surface area contributed by atoms with Crippen molar-refractivity contribution in [2.24, 2.45) is 5.92 Å². The molecule has 3 rings (SSSR count). The lowest BCUT2D eigenvalue weighted by molar-refractivity contribution is 0.0202. The number of methoxy groups -OCH3 is 1. The molecule has 0 spiro atoms. The van der Waals surface area contributed by atoms with Gasteiger partial charge in [0.2, 0.25) is 0 Å². The molecule has 1 N–H and O–H groups in total. The van der Waals surface area contributed by atoms with Crippen LogP contribution in [-0.2, 0) is 4.74 Å². The average Bonchev–Trinajstić information content (AvgIpc) is 2.59. The number of hydrogen-bond donors (Lipinski definition) is 1. The second kappa shape index (κ2) is 10.4. The molecule has 7 heteroatoms. The fraction of sp³-hybridized carbons (Fsp3) is 0.647. The minimum absolute atomic E-state index is 0. The Hall–Kier alpha value is -0.590. The fourth-order valence-electron chi connectivity index (χ4n) is 3.62. The van der Waals surface area contributed by atoms with Crippen molar-refractivity contribution in [1.29, 1.82) is 0 Å². The Kier molecular flexibility index (Phi) is 9.31. The Balaban J connectivity index is 0.00000144. The van der Waals surface area contributed by atoms with E-state index in [1.807, 2.05) is 6.07 Å². The third-order valence-electron chi connectivity index (χ3n) is 4.78. The molecule has 0 bridgehead atoms. The Morgan fingerprint density at radius 3 is 2.50 bits per heavy atom. The van der Waals surface area contributed by atoms with Gasteiger partial charge >= 0.3 is 0 Å². The van der Waals surface area contributed by atoms with Gasteiger partial charge in [-0.05, 0) is 37.0 Å². The Morgan fingerprint density at radius 2 is 1.88 bits per heavy atom. The van der Waals surface area contributed by atoms with Crippen LogP contribution in [0.3, 0.4) is 0 Å². The maximum absolute atomic E-state index is 14.5. The van der Waals surface area contributed by atoms with Crippen LogP contribution in [0.2, 0.25) is 0 Å². The highest BCUT2D eigenvalue weighted by atomic mass is 35.5. The zero-order valence-electron chi connectivity index (χ0n) is 14.0. The first-order chi connectivity index (χ1) is 10.8. The van der Waals surface area contributed by atoms with E-state index in [4.69, 9.17) is 9.47 Å². The van der Waals surface area contributed by atoms with E-state index in [2.05, 4.69) is 10.2 Å². The van der Waals surface area contributed by atoms with Gasteiger partial charge in [-0.2, -0.15) is 0 Å². The number of benzene rings is 1. The normalized spacial score (nSPS) is 20.6. The zero-order chi connectivity index (χ0) is 15.4. The summed E-state index contributed by atoms with van der Waals surface area (Å²) in [6.45, 7) is 5.39. The molecule has 0 unspecified atom stereocenters. The average molecular weight is 381 g/mol. The SMILES string of the molecule is COc1ccc(F)c([C@H](C2CCOCC2)N2CCNCC2)c1.Cl.Cl. The summed E-state index contributed by atoms with van der Waals surface area (Å²) in [7, 11) is 1.63. The molecule has 0 radical (unpaired) electrons. The van der Waals surface area contributed by atoms with Crippen molar-refractivity contribution in [2.75, 3.05) is 46.5 Å². The summed E-state index contributed by atoms with van der Waals surface area (Å²) in [6.07, 6.45) is 1.98. The van der Waals surface area contributed by atoms with E-state index in [1.54, 1.807) is 13.2 Å². The van der Waals surface area contributed by atoms with E-state index in [1.165, 1.54) is 6.07 Å². The number of piperazine rings is 1. The van der Waals surface area contributed by atoms with Crippen LogP contribution in [0.1, 0.15) is 24.4 Å². The molecule has 24 heavy (non-hydrogen) atoms. The van der Waals surface area contributed by atoms with Crippen LogP contribution < -0.4 is 10.1 Å². The van der Waals surface area contributed by atoms with Crippen LogP contribution in [0, 0.1) is 11.7 Å². The molecule has 0 saturated carbocycles. The molecule has 2 saturated heterocycles. The molecular formula is C17H27Cl2FN2O2. The highest BCUT2D eigenvalue weighted by molar-refractivity contribution is 5.85. The van der Waals surface area contributed by atoms with Gasteiger partial charge in [0.05, 0.1) is 7.11 Å². The second-order valence-electron chi connectivity index (χ2n) is 6.07. The molecule has 0 aromatic heterocycles. The van der Waals surface area contributed by atoms with Gasteiger partial charge < -0.3 is 14.8 Å². The molecule has 1 aromatic rings. The van der Waals surface area contributed by atoms with Crippen LogP contribution in [0.15, 0.2) is 18.2 Å². The molecule has 2 aliphatic heterocycles. The molecule has 0 amide bonds. The summed E-state index contributed by atoms with van der Waals surface area (Å²) in [5.41, 5.74) is 0.771. The topological polar surface area (TPSA) is 33.7 Å². The smallest absolute Gasteiger partial charge is 0.128 e. The van der Waals surface area contributed by atoms with E-state index >= 15 is 0 Å². The van der Waals surface area contributed by atoms with Crippen molar-refractivity contribution in [2.45, 2.75) is 18.9 Å². The highest BCUT2D eigenvalue weighted by Gasteiger charge is 2.33. The third-order valence-corrected chi connectivity index (χ3v) is 4.78. The lowest BCUT2D eigenvalue weighted by Crippen LogP contribution is -2.47. The second-order valence-corrected chi connectivity index (χ2v) is 6.07. The summed E-state index contributed by atoms with van der Waals surface area (Å²) < 4.78 is 25.3. The van der Waals surface area contributed by atoms with Gasteiger partial charge in [-0.15, -0.1) is 24.8 Å². The van der Waals surface area contributed by atoms with Crippen molar-refractivity contribution < 1.29 is 13.9 Å². The molecule has 2 aliphatic rings. The van der Waals surface area contributed by atoms with Crippen molar-refractivity contribution in [3.8, 4) is 5.75 Å². The Morgan fingerprint density at radius 1 is 1.21 bits per heavy atom. The molecule has 1 aromatic carbocycles. The molecule has 4 nitrogen and oxygen atoms in total. The van der Waals surface area contributed by atoms with Crippen molar-refractivity contribution in [3.63, 3.8) is 0 Å². The van der Waals surface area contributed by atoms with Crippen LogP contribution in [-0.4, -0.2) is 51.4 Å². The molecular weight excluding hydrogens is 354 g/mol. The lowest BCUT2D eigenvalue weighted by Gasteiger charge is -2.41. The van der Waals surface area contributed by atoms with Crippen LogP contribution in [0.25, 0.3) is 0 Å². The molecule has 2 fully saturated rings. The minimum Gasteiger partial charge on any atom is -0.497 e. The number of ether oxygens (including phenoxy) is 2. The largest absolute Gasteiger partial charge is 0.497 e. The standard InChI is InChI=1S/C17H25FN2O2.2ClH/c1-21-14-2-3-16(18)15(12-14)17(13-4-10-22-11-5-13)20-8-6-19-7-9-20;;/h2-3,12-13,17,19H,4-11H2,1H3;2*1H/t17-;;/m0../s1. The number of rotatable bonds is 4. The number of hydrogen-bond acceptors (Lipinski definition) is 4. The van der Waals surface area contributed by atoms with Crippen molar-refractivity contribution in [3.05, 3.63) is 29.6 Å². The van der Waals surface area contributed by atoms with Gasteiger partial charge in [-0.3, -0.25) is 4.90 Å². The first-order valence-corrected chi connectivity index (χ1v) is 8.15. The first kappa shape index (κ1) is 21.5. The molecule has 2 heterocycles. The number of nitrogens with one attached hydrogen (secondary N) is 1. The molecule has 0 aliphatic carbocycles. The molecule has 1 atom stereocenters. The first-order valence-electron chi connectivity index (χ1n) is 8.15. The van der Waals surface area contributed by atoms with Crippen molar-refractivity contribution in [1.82, 2.24) is 10.2 Å². The zero-order valence-corrected chi connectivity index (χ0v) is 15.6. The van der Waals surface area contributed by atoms with E-state index in [-0.39, 0.29) is 36.7 Å². The van der Waals surface area contributed by atoms with Gasteiger partial charge in [-0.1, -0.05) is 0 Å². The summed E-state index contributed by atoms with van der Waals surface area (Å²) >= 11 is 0. The lowest BCUT2D eigenvalue weighted by atomic mass is 9.85. The quantitative estimate of drug-likeness (QED) is 0.870. The van der Waals surface area contributed by atoms with E-state index < -0.39 is 0 Å². The van der Waals surface area contributed by atoms with Crippen molar-refractivity contribution >= 4 is 24.8 Å². The maximum Gasteiger partial charge on any atom is 0.128 e. The summed E-state index contributed by atoms with van der Waals surface area (Å²) in [5.74, 6) is 1.04. The van der Waals surface area contributed by atoms with E-state index in [9.17, 15) is 4.39 Å². The predicted molar refractivity (Wildman–Crippen MR) is 98.2 cm³/mol. The fourth-order valence-corrected chi connectivity index (χ4v) is 3.62. The van der Waals surface area contributed by atoms with Crippen LogP contribution >= 0.6 is 24.8 Å². The van der Waals surface area contributed by atoms with Gasteiger partial charge in [0, 0.05) is 51.0 Å². The predicted octanol–water partition coefficient (Wildman–Crippen LogP) is 3.05. The highest BCUT2D eigenvalue weighted by Crippen LogP contribution is 2.37. The Bertz CT molecular complexity index is 477. The van der Waals surface area contributed by atoms with E-state index in [0.717, 1.165) is 63.5 Å². The third kappa shape index (κ3) is 4.96. The molecule has 138 valence electrons. The monoisotopic (exact) mass is 380 g/mol. The number of halogens is 3. The van der Waals surface area contributed by atoms with Crippen LogP contribution in [0.4, 0.5) is 4.39 Å². The van der Waals surface area contributed by atoms with Gasteiger partial charge in [0.1, 0.15) is 11.6 Å². The Labute approximate surface area is 155 Å². The maximum atomic E-state index is 14.5. The minimum atomic E-state index is -0.129.